The van der Waals surface area contributed by atoms with Crippen LogP contribution in [0.1, 0.15) is 5.69 Å². The molecule has 2 heterocycles. The molecule has 82 valence electrons. The number of nitrogens with zero attached hydrogens (tertiary/aromatic N) is 3. The maximum absolute atomic E-state index is 11.2. The van der Waals surface area contributed by atoms with E-state index in [-0.39, 0.29) is 0 Å². The van der Waals surface area contributed by atoms with E-state index in [9.17, 15) is 4.21 Å². The lowest BCUT2D eigenvalue weighted by atomic mass is 10.4. The maximum atomic E-state index is 11.2. The van der Waals surface area contributed by atoms with Gasteiger partial charge in [0.15, 0.2) is 5.82 Å². The van der Waals surface area contributed by atoms with Crippen LogP contribution in [0.25, 0.3) is 0 Å². The predicted octanol–water partition coefficient (Wildman–Crippen LogP) is 0.784. The number of alkyl halides is 1. The average molecular weight is 246 g/mol. The third-order valence-corrected chi connectivity index (χ3v) is 3.89. The molecule has 0 saturated carbocycles. The molecule has 0 atom stereocenters. The topological polar surface area (TPSA) is 46.1 Å². The molecule has 15 heavy (non-hydrogen) atoms. The molecule has 0 unspecified atom stereocenters. The van der Waals surface area contributed by atoms with Crippen molar-refractivity contribution in [3.8, 4) is 0 Å². The number of hydrogen-bond acceptors (Lipinski definition) is 4. The molecule has 1 aliphatic heterocycles. The molecule has 1 aromatic rings. The predicted molar refractivity (Wildman–Crippen MR) is 61.7 cm³/mol. The fourth-order valence-electron chi connectivity index (χ4n) is 1.46. The average Bonchev–Trinajstić information content (AvgIpc) is 2.30. The summed E-state index contributed by atoms with van der Waals surface area (Å²) in [4.78, 5) is 2.10. The van der Waals surface area contributed by atoms with Gasteiger partial charge in [0, 0.05) is 35.4 Å². The van der Waals surface area contributed by atoms with Gasteiger partial charge in [-0.2, -0.15) is 5.10 Å². The van der Waals surface area contributed by atoms with E-state index in [0.29, 0.717) is 5.88 Å². The van der Waals surface area contributed by atoms with E-state index in [0.717, 1.165) is 36.1 Å². The fraction of sp³-hybridized carbons (Fsp3) is 0.556. The minimum atomic E-state index is -0.652. The number of anilines is 1. The molecule has 0 aromatic carbocycles. The van der Waals surface area contributed by atoms with E-state index < -0.39 is 10.8 Å². The SMILES string of the molecule is O=S1CCN(c2ccc(CCl)nn2)CC1. The van der Waals surface area contributed by atoms with E-state index in [1.54, 1.807) is 0 Å². The molecule has 4 nitrogen and oxygen atoms in total. The Hall–Kier alpha value is -0.680. The number of rotatable bonds is 2. The van der Waals surface area contributed by atoms with Crippen LogP contribution in [-0.2, 0) is 16.7 Å². The molecule has 0 aliphatic carbocycles. The summed E-state index contributed by atoms with van der Waals surface area (Å²) in [6, 6.07) is 3.79. The zero-order valence-electron chi connectivity index (χ0n) is 8.23. The van der Waals surface area contributed by atoms with Gasteiger partial charge in [-0.15, -0.1) is 16.7 Å². The molecular weight excluding hydrogens is 234 g/mol. The zero-order valence-corrected chi connectivity index (χ0v) is 9.80. The van der Waals surface area contributed by atoms with Crippen LogP contribution in [-0.4, -0.2) is 39.0 Å². The van der Waals surface area contributed by atoms with Crippen molar-refractivity contribution in [2.24, 2.45) is 0 Å². The maximum Gasteiger partial charge on any atom is 0.151 e. The summed E-state index contributed by atoms with van der Waals surface area (Å²) in [5.41, 5.74) is 0.779. The summed E-state index contributed by atoms with van der Waals surface area (Å²) in [7, 11) is -0.652. The van der Waals surface area contributed by atoms with Gasteiger partial charge in [0.25, 0.3) is 0 Å². The quantitative estimate of drug-likeness (QED) is 0.723. The van der Waals surface area contributed by atoms with Crippen LogP contribution in [0, 0.1) is 0 Å². The molecule has 0 radical (unpaired) electrons. The third-order valence-electron chi connectivity index (χ3n) is 2.34. The van der Waals surface area contributed by atoms with Crippen molar-refractivity contribution < 1.29 is 4.21 Å². The third kappa shape index (κ3) is 2.66. The molecule has 1 saturated heterocycles. The van der Waals surface area contributed by atoms with E-state index in [4.69, 9.17) is 11.6 Å². The van der Waals surface area contributed by atoms with Gasteiger partial charge in [-0.3, -0.25) is 4.21 Å². The molecule has 6 heteroatoms. The van der Waals surface area contributed by atoms with Crippen LogP contribution >= 0.6 is 11.6 Å². The van der Waals surface area contributed by atoms with Crippen molar-refractivity contribution >= 4 is 28.2 Å². The summed E-state index contributed by atoms with van der Waals surface area (Å²) >= 11 is 5.63. The largest absolute Gasteiger partial charge is 0.353 e. The first-order chi connectivity index (χ1) is 7.29. The van der Waals surface area contributed by atoms with E-state index in [1.165, 1.54) is 0 Å². The summed E-state index contributed by atoms with van der Waals surface area (Å²) < 4.78 is 11.2. The molecule has 0 N–H and O–H groups in total. The lowest BCUT2D eigenvalue weighted by molar-refractivity contribution is 0.671. The van der Waals surface area contributed by atoms with E-state index in [2.05, 4.69) is 15.1 Å². The van der Waals surface area contributed by atoms with E-state index in [1.807, 2.05) is 12.1 Å². The second-order valence-electron chi connectivity index (χ2n) is 3.35. The standard InChI is InChI=1S/C9H12ClN3OS/c10-7-8-1-2-9(12-11-8)13-3-5-15(14)6-4-13/h1-2H,3-7H2. The molecule has 0 amide bonds. The van der Waals surface area contributed by atoms with Gasteiger partial charge in [-0.05, 0) is 12.1 Å². The van der Waals surface area contributed by atoms with Gasteiger partial charge in [0.05, 0.1) is 11.6 Å². The Morgan fingerprint density at radius 1 is 1.33 bits per heavy atom. The first-order valence-corrected chi connectivity index (χ1v) is 6.80. The van der Waals surface area contributed by atoms with Crippen molar-refractivity contribution in [1.82, 2.24) is 10.2 Å². The Bertz CT molecular complexity index is 347. The summed E-state index contributed by atoms with van der Waals surface area (Å²) in [5.74, 6) is 2.68. The summed E-state index contributed by atoms with van der Waals surface area (Å²) in [6.07, 6.45) is 0. The number of aromatic nitrogens is 2. The van der Waals surface area contributed by atoms with Crippen LogP contribution in [0.4, 0.5) is 5.82 Å². The highest BCUT2D eigenvalue weighted by Crippen LogP contribution is 2.12. The molecule has 2 rings (SSSR count). The van der Waals surface area contributed by atoms with Crippen molar-refractivity contribution in [3.63, 3.8) is 0 Å². The van der Waals surface area contributed by atoms with Crippen LogP contribution < -0.4 is 4.90 Å². The second-order valence-corrected chi connectivity index (χ2v) is 5.32. The van der Waals surface area contributed by atoms with Crippen molar-refractivity contribution in [1.29, 1.82) is 0 Å². The Balaban J connectivity index is 2.06. The summed E-state index contributed by atoms with van der Waals surface area (Å²) in [6.45, 7) is 1.59. The lowest BCUT2D eigenvalue weighted by Gasteiger charge is -2.26. The highest BCUT2D eigenvalue weighted by molar-refractivity contribution is 7.85. The Morgan fingerprint density at radius 2 is 2.07 bits per heavy atom. The Kier molecular flexibility index (Phi) is 3.53. The van der Waals surface area contributed by atoms with Crippen LogP contribution in [0.2, 0.25) is 0 Å². The fourth-order valence-corrected chi connectivity index (χ4v) is 2.65. The monoisotopic (exact) mass is 245 g/mol. The van der Waals surface area contributed by atoms with Crippen LogP contribution in [0.15, 0.2) is 12.1 Å². The minimum Gasteiger partial charge on any atom is -0.353 e. The lowest BCUT2D eigenvalue weighted by Crippen LogP contribution is -2.38. The van der Waals surface area contributed by atoms with Gasteiger partial charge in [-0.1, -0.05) is 0 Å². The molecule has 1 aliphatic rings. The van der Waals surface area contributed by atoms with Gasteiger partial charge >= 0.3 is 0 Å². The zero-order chi connectivity index (χ0) is 10.7. The molecule has 1 aromatic heterocycles. The smallest absolute Gasteiger partial charge is 0.151 e. The molecule has 1 fully saturated rings. The molecular formula is C9H12ClN3OS. The highest BCUT2D eigenvalue weighted by atomic mass is 35.5. The van der Waals surface area contributed by atoms with Crippen LogP contribution in [0.5, 0.6) is 0 Å². The van der Waals surface area contributed by atoms with Gasteiger partial charge < -0.3 is 4.90 Å². The molecule has 0 spiro atoms. The van der Waals surface area contributed by atoms with Crippen molar-refractivity contribution in [2.45, 2.75) is 5.88 Å². The van der Waals surface area contributed by atoms with Crippen molar-refractivity contribution in [2.75, 3.05) is 29.5 Å². The minimum absolute atomic E-state index is 0.386. The Morgan fingerprint density at radius 3 is 2.60 bits per heavy atom. The highest BCUT2D eigenvalue weighted by Gasteiger charge is 2.16. The van der Waals surface area contributed by atoms with Gasteiger partial charge in [0.2, 0.25) is 0 Å². The number of halogens is 1. The van der Waals surface area contributed by atoms with Gasteiger partial charge in [0.1, 0.15) is 0 Å². The summed E-state index contributed by atoms with van der Waals surface area (Å²) in [5, 5.41) is 8.08. The van der Waals surface area contributed by atoms with E-state index >= 15 is 0 Å². The van der Waals surface area contributed by atoms with Gasteiger partial charge in [-0.25, -0.2) is 0 Å². The van der Waals surface area contributed by atoms with Crippen LogP contribution in [0.3, 0.4) is 0 Å². The normalized spacial score (nSPS) is 18.1. The molecule has 0 bridgehead atoms. The number of hydrogen-bond donors (Lipinski definition) is 0. The first kappa shape index (κ1) is 10.8. The first-order valence-electron chi connectivity index (χ1n) is 4.78. The van der Waals surface area contributed by atoms with Crippen molar-refractivity contribution in [3.05, 3.63) is 17.8 Å². The second kappa shape index (κ2) is 4.90. The Labute approximate surface area is 96.1 Å².